The first-order chi connectivity index (χ1) is 14.2. The minimum atomic E-state index is -0.0424. The number of hydrogen-bond donors (Lipinski definition) is 1. The van der Waals surface area contributed by atoms with Gasteiger partial charge in [-0.05, 0) is 37.8 Å². The molecule has 2 aromatic rings. The Hall–Kier alpha value is -2.35. The standard InChI is InChI=1S/C21H27N5O2S/c27-19(15-29-21-24-23-18-9-5-2-6-12-26(18)21)25-13-10-16(11-14-25)20(28)22-17-7-3-1-4-8-17/h1,3-4,7-8,16H,2,5-6,9-15H2,(H,22,28). The maximum Gasteiger partial charge on any atom is 0.233 e. The number of aryl methyl sites for hydroxylation is 1. The summed E-state index contributed by atoms with van der Waals surface area (Å²) in [5.74, 6) is 1.53. The second-order valence-corrected chi connectivity index (χ2v) is 8.60. The van der Waals surface area contributed by atoms with E-state index in [1.807, 2.05) is 35.2 Å². The lowest BCUT2D eigenvalue weighted by molar-refractivity contribution is -0.132. The van der Waals surface area contributed by atoms with Crippen LogP contribution in [0.5, 0.6) is 0 Å². The first kappa shape index (κ1) is 19.9. The third-order valence-electron chi connectivity index (χ3n) is 5.66. The number of thioether (sulfide) groups is 1. The van der Waals surface area contributed by atoms with Crippen LogP contribution in [0.2, 0.25) is 0 Å². The number of rotatable bonds is 5. The lowest BCUT2D eigenvalue weighted by Gasteiger charge is -2.31. The van der Waals surface area contributed by atoms with Gasteiger partial charge in [0.25, 0.3) is 0 Å². The minimum Gasteiger partial charge on any atom is -0.342 e. The quantitative estimate of drug-likeness (QED) is 0.763. The van der Waals surface area contributed by atoms with Gasteiger partial charge in [-0.15, -0.1) is 10.2 Å². The number of fused-ring (bicyclic) bond motifs is 1. The number of carbonyl (C=O) groups is 2. The highest BCUT2D eigenvalue weighted by Gasteiger charge is 2.27. The summed E-state index contributed by atoms with van der Waals surface area (Å²) >= 11 is 1.48. The number of nitrogens with one attached hydrogen (secondary N) is 1. The van der Waals surface area contributed by atoms with Crippen LogP contribution in [0, 0.1) is 5.92 Å². The summed E-state index contributed by atoms with van der Waals surface area (Å²) in [6.07, 6.45) is 5.91. The van der Waals surface area contributed by atoms with Gasteiger partial charge in [0.2, 0.25) is 11.8 Å². The van der Waals surface area contributed by atoms with Gasteiger partial charge in [0.05, 0.1) is 5.75 Å². The predicted molar refractivity (Wildman–Crippen MR) is 113 cm³/mol. The van der Waals surface area contributed by atoms with Gasteiger partial charge >= 0.3 is 0 Å². The molecule has 0 radical (unpaired) electrons. The highest BCUT2D eigenvalue weighted by molar-refractivity contribution is 7.99. The third kappa shape index (κ3) is 4.98. The van der Waals surface area contributed by atoms with Gasteiger partial charge in [0, 0.05) is 37.7 Å². The van der Waals surface area contributed by atoms with E-state index in [1.165, 1.54) is 18.2 Å². The van der Waals surface area contributed by atoms with E-state index in [9.17, 15) is 9.59 Å². The zero-order chi connectivity index (χ0) is 20.1. The molecule has 2 amide bonds. The summed E-state index contributed by atoms with van der Waals surface area (Å²) in [7, 11) is 0. The lowest BCUT2D eigenvalue weighted by atomic mass is 9.96. The summed E-state index contributed by atoms with van der Waals surface area (Å²) in [4.78, 5) is 27.0. The van der Waals surface area contributed by atoms with Crippen molar-refractivity contribution >= 4 is 29.3 Å². The number of anilines is 1. The van der Waals surface area contributed by atoms with Crippen LogP contribution in [-0.2, 0) is 22.6 Å². The van der Waals surface area contributed by atoms with Crippen LogP contribution >= 0.6 is 11.8 Å². The van der Waals surface area contributed by atoms with E-state index in [0.29, 0.717) is 31.7 Å². The van der Waals surface area contributed by atoms with Crippen LogP contribution in [0.4, 0.5) is 5.69 Å². The fourth-order valence-corrected chi connectivity index (χ4v) is 4.83. The highest BCUT2D eigenvalue weighted by Crippen LogP contribution is 2.24. The molecule has 2 aliphatic rings. The molecule has 0 unspecified atom stereocenters. The second-order valence-electron chi connectivity index (χ2n) is 7.66. The van der Waals surface area contributed by atoms with Crippen molar-refractivity contribution in [3.8, 4) is 0 Å². The monoisotopic (exact) mass is 413 g/mol. The van der Waals surface area contributed by atoms with Gasteiger partial charge in [0.15, 0.2) is 5.16 Å². The largest absolute Gasteiger partial charge is 0.342 e. The normalized spacial score (nSPS) is 17.4. The molecule has 2 aliphatic heterocycles. The van der Waals surface area contributed by atoms with Gasteiger partial charge in [0.1, 0.15) is 5.82 Å². The number of aromatic nitrogens is 3. The Labute approximate surface area is 175 Å². The highest BCUT2D eigenvalue weighted by atomic mass is 32.2. The molecule has 0 bridgehead atoms. The van der Waals surface area contributed by atoms with Crippen molar-refractivity contribution in [2.24, 2.45) is 5.92 Å². The molecule has 4 rings (SSSR count). The number of amides is 2. The molecule has 154 valence electrons. The maximum atomic E-state index is 12.6. The Morgan fingerprint density at radius 3 is 2.62 bits per heavy atom. The Kier molecular flexibility index (Phi) is 6.49. The van der Waals surface area contributed by atoms with Crippen LogP contribution < -0.4 is 5.32 Å². The summed E-state index contributed by atoms with van der Waals surface area (Å²) in [5, 5.41) is 12.4. The molecule has 0 aliphatic carbocycles. The molecule has 1 aromatic carbocycles. The van der Waals surface area contributed by atoms with E-state index < -0.39 is 0 Å². The fraction of sp³-hybridized carbons (Fsp3) is 0.524. The number of para-hydroxylation sites is 1. The topological polar surface area (TPSA) is 80.1 Å². The van der Waals surface area contributed by atoms with Crippen molar-refractivity contribution in [3.05, 3.63) is 36.2 Å². The van der Waals surface area contributed by atoms with E-state index >= 15 is 0 Å². The minimum absolute atomic E-state index is 0.0424. The summed E-state index contributed by atoms with van der Waals surface area (Å²) in [5.41, 5.74) is 0.819. The lowest BCUT2D eigenvalue weighted by Crippen LogP contribution is -2.42. The summed E-state index contributed by atoms with van der Waals surface area (Å²) in [6, 6.07) is 9.51. The molecule has 1 fully saturated rings. The van der Waals surface area contributed by atoms with E-state index in [-0.39, 0.29) is 17.7 Å². The van der Waals surface area contributed by atoms with Gasteiger partial charge in [-0.3, -0.25) is 9.59 Å². The third-order valence-corrected chi connectivity index (χ3v) is 6.61. The van der Waals surface area contributed by atoms with Crippen molar-refractivity contribution in [2.75, 3.05) is 24.2 Å². The van der Waals surface area contributed by atoms with Gasteiger partial charge in [-0.1, -0.05) is 36.4 Å². The molecule has 1 N–H and O–H groups in total. The summed E-state index contributed by atoms with van der Waals surface area (Å²) in [6.45, 7) is 2.20. The molecule has 3 heterocycles. The van der Waals surface area contributed by atoms with Gasteiger partial charge in [-0.25, -0.2) is 0 Å². The number of nitrogens with zero attached hydrogens (tertiary/aromatic N) is 4. The molecule has 8 heteroatoms. The molecular weight excluding hydrogens is 386 g/mol. The van der Waals surface area contributed by atoms with Crippen molar-refractivity contribution in [3.63, 3.8) is 0 Å². The van der Waals surface area contributed by atoms with Crippen LogP contribution in [0.3, 0.4) is 0 Å². The van der Waals surface area contributed by atoms with Crippen molar-refractivity contribution in [1.82, 2.24) is 19.7 Å². The Morgan fingerprint density at radius 2 is 1.83 bits per heavy atom. The molecular formula is C21H27N5O2S. The predicted octanol–water partition coefficient (Wildman–Crippen LogP) is 2.97. The van der Waals surface area contributed by atoms with Crippen LogP contribution in [0.15, 0.2) is 35.5 Å². The average Bonchev–Trinajstić information content (AvgIpc) is 2.98. The van der Waals surface area contributed by atoms with Crippen LogP contribution in [0.1, 0.15) is 37.9 Å². The first-order valence-corrected chi connectivity index (χ1v) is 11.4. The van der Waals surface area contributed by atoms with E-state index in [1.54, 1.807) is 0 Å². The molecule has 0 spiro atoms. The van der Waals surface area contributed by atoms with Gasteiger partial charge in [-0.2, -0.15) is 0 Å². The zero-order valence-electron chi connectivity index (χ0n) is 16.5. The number of likely N-dealkylation sites (tertiary alicyclic amines) is 1. The Balaban J connectivity index is 1.24. The summed E-state index contributed by atoms with van der Waals surface area (Å²) < 4.78 is 2.17. The molecule has 7 nitrogen and oxygen atoms in total. The SMILES string of the molecule is O=C(Nc1ccccc1)C1CCN(C(=O)CSc2nnc3n2CCCCC3)CC1. The molecule has 1 aromatic heterocycles. The fourth-order valence-electron chi connectivity index (χ4n) is 3.94. The molecule has 1 saturated heterocycles. The van der Waals surface area contributed by atoms with E-state index in [4.69, 9.17) is 0 Å². The average molecular weight is 414 g/mol. The van der Waals surface area contributed by atoms with E-state index in [0.717, 1.165) is 42.5 Å². The molecule has 0 saturated carbocycles. The maximum absolute atomic E-state index is 12.6. The molecule has 0 atom stereocenters. The zero-order valence-corrected chi connectivity index (χ0v) is 17.4. The van der Waals surface area contributed by atoms with Crippen molar-refractivity contribution in [1.29, 1.82) is 0 Å². The van der Waals surface area contributed by atoms with Crippen LogP contribution in [0.25, 0.3) is 0 Å². The Bertz CT molecular complexity index is 846. The van der Waals surface area contributed by atoms with Gasteiger partial charge < -0.3 is 14.8 Å². The Morgan fingerprint density at radius 1 is 1.03 bits per heavy atom. The van der Waals surface area contributed by atoms with Crippen molar-refractivity contribution in [2.45, 2.75) is 50.2 Å². The number of carbonyl (C=O) groups excluding carboxylic acids is 2. The number of benzene rings is 1. The number of hydrogen-bond acceptors (Lipinski definition) is 5. The molecule has 29 heavy (non-hydrogen) atoms. The number of piperidine rings is 1. The van der Waals surface area contributed by atoms with E-state index in [2.05, 4.69) is 20.1 Å². The first-order valence-electron chi connectivity index (χ1n) is 10.4. The van der Waals surface area contributed by atoms with Crippen LogP contribution in [-0.4, -0.2) is 50.3 Å². The smallest absolute Gasteiger partial charge is 0.233 e. The second kappa shape index (κ2) is 9.43. The van der Waals surface area contributed by atoms with Crippen molar-refractivity contribution < 1.29 is 9.59 Å².